The van der Waals surface area contributed by atoms with Crippen molar-refractivity contribution in [3.05, 3.63) is 46.1 Å². The number of hydrogen-bond acceptors (Lipinski definition) is 4. The standard InChI is InChI=1S/C23H27F2NO3S/c1-13-12-23(24,25)9-6-16(13)18-17(19(21(27)28)29-22(3,4)5)14(2)30-20(18)15-7-10-26-11-8-15/h7-8,10-11,19H,6,9,12H2,1-5H3,(H,27,28). The molecule has 0 fully saturated rings. The van der Waals surface area contributed by atoms with Crippen LogP contribution in [0.1, 0.15) is 69.1 Å². The largest absolute Gasteiger partial charge is 0.479 e. The number of aliphatic carboxylic acids is 1. The maximum Gasteiger partial charge on any atom is 0.337 e. The fraction of sp³-hybridized carbons (Fsp3) is 0.478. The average molecular weight is 436 g/mol. The number of alkyl halides is 2. The Morgan fingerprint density at radius 1 is 1.27 bits per heavy atom. The number of pyridine rings is 1. The van der Waals surface area contributed by atoms with Crippen molar-refractivity contribution in [3.63, 3.8) is 0 Å². The molecule has 1 aliphatic rings. The second-order valence-electron chi connectivity index (χ2n) is 8.75. The summed E-state index contributed by atoms with van der Waals surface area (Å²) in [5.41, 5.74) is 2.89. The summed E-state index contributed by atoms with van der Waals surface area (Å²) >= 11 is 1.47. The maximum absolute atomic E-state index is 14.0. The third-order valence-electron chi connectivity index (χ3n) is 5.11. The summed E-state index contributed by atoms with van der Waals surface area (Å²) in [5.74, 6) is -3.82. The highest BCUT2D eigenvalue weighted by Crippen LogP contribution is 2.50. The minimum Gasteiger partial charge on any atom is -0.479 e. The lowest BCUT2D eigenvalue weighted by atomic mass is 9.82. The van der Waals surface area contributed by atoms with Crippen LogP contribution in [0.5, 0.6) is 0 Å². The number of carbonyl (C=O) groups is 1. The Labute approximate surface area is 179 Å². The van der Waals surface area contributed by atoms with Crippen LogP contribution in [-0.2, 0) is 9.53 Å². The molecule has 0 amide bonds. The van der Waals surface area contributed by atoms with E-state index in [-0.39, 0.29) is 19.3 Å². The summed E-state index contributed by atoms with van der Waals surface area (Å²) in [5, 5.41) is 10.00. The van der Waals surface area contributed by atoms with Crippen LogP contribution in [0, 0.1) is 6.92 Å². The lowest BCUT2D eigenvalue weighted by molar-refractivity contribution is -0.160. The van der Waals surface area contributed by atoms with Crippen LogP contribution in [0.2, 0.25) is 0 Å². The quantitative estimate of drug-likeness (QED) is 0.571. The second-order valence-corrected chi connectivity index (χ2v) is 9.98. The van der Waals surface area contributed by atoms with Gasteiger partial charge in [-0.2, -0.15) is 0 Å². The number of rotatable bonds is 5. The van der Waals surface area contributed by atoms with E-state index in [0.29, 0.717) is 11.1 Å². The molecule has 0 saturated heterocycles. The summed E-state index contributed by atoms with van der Waals surface area (Å²) in [6.07, 6.45) is 1.79. The van der Waals surface area contributed by atoms with Gasteiger partial charge in [0.25, 0.3) is 5.92 Å². The first-order chi connectivity index (χ1) is 13.9. The lowest BCUT2D eigenvalue weighted by Crippen LogP contribution is -2.28. The Morgan fingerprint density at radius 2 is 1.90 bits per heavy atom. The van der Waals surface area contributed by atoms with Gasteiger partial charge in [-0.05, 0) is 64.3 Å². The maximum atomic E-state index is 14.0. The molecule has 1 unspecified atom stereocenters. The number of ether oxygens (including phenoxy) is 1. The summed E-state index contributed by atoms with van der Waals surface area (Å²) in [4.78, 5) is 18.0. The van der Waals surface area contributed by atoms with E-state index in [1.165, 1.54) is 11.3 Å². The van der Waals surface area contributed by atoms with Crippen molar-refractivity contribution in [2.24, 2.45) is 0 Å². The van der Waals surface area contributed by atoms with Crippen LogP contribution in [0.3, 0.4) is 0 Å². The number of halogens is 2. The highest BCUT2D eigenvalue weighted by Gasteiger charge is 2.39. The molecular weight excluding hydrogens is 408 g/mol. The molecule has 162 valence electrons. The molecular formula is C23H27F2NO3S. The predicted molar refractivity (Wildman–Crippen MR) is 115 cm³/mol. The van der Waals surface area contributed by atoms with Gasteiger partial charge in [0, 0.05) is 46.1 Å². The molecule has 2 aromatic rings. The van der Waals surface area contributed by atoms with Crippen molar-refractivity contribution in [2.75, 3.05) is 0 Å². The molecule has 0 saturated carbocycles. The SMILES string of the molecule is CC1=C(c2c(-c3ccncc3)sc(C)c2C(OC(C)(C)C)C(=O)O)CCC(F)(F)C1. The molecule has 0 spiro atoms. The zero-order valence-electron chi connectivity index (χ0n) is 17.9. The van der Waals surface area contributed by atoms with Crippen LogP contribution in [0.4, 0.5) is 8.78 Å². The molecule has 0 aromatic carbocycles. The zero-order valence-corrected chi connectivity index (χ0v) is 18.7. The molecule has 0 aliphatic heterocycles. The van der Waals surface area contributed by atoms with Gasteiger partial charge in [-0.25, -0.2) is 13.6 Å². The Hall–Kier alpha value is -2.12. The molecule has 1 N–H and O–H groups in total. The molecule has 0 bridgehead atoms. The number of carboxylic acid groups (broad SMARTS) is 1. The zero-order chi connectivity index (χ0) is 22.3. The second kappa shape index (κ2) is 8.19. The van der Waals surface area contributed by atoms with Crippen molar-refractivity contribution < 1.29 is 23.4 Å². The van der Waals surface area contributed by atoms with Gasteiger partial charge in [0.2, 0.25) is 0 Å². The molecule has 30 heavy (non-hydrogen) atoms. The molecule has 2 heterocycles. The van der Waals surface area contributed by atoms with Gasteiger partial charge in [0.1, 0.15) is 0 Å². The first-order valence-electron chi connectivity index (χ1n) is 9.91. The average Bonchev–Trinajstić information content (AvgIpc) is 2.95. The number of hydrogen-bond donors (Lipinski definition) is 1. The van der Waals surface area contributed by atoms with E-state index in [9.17, 15) is 18.7 Å². The van der Waals surface area contributed by atoms with Gasteiger partial charge in [-0.3, -0.25) is 4.98 Å². The highest BCUT2D eigenvalue weighted by atomic mass is 32.1. The first-order valence-corrected chi connectivity index (χ1v) is 10.7. The topological polar surface area (TPSA) is 59.4 Å². The van der Waals surface area contributed by atoms with Crippen LogP contribution >= 0.6 is 11.3 Å². The predicted octanol–water partition coefficient (Wildman–Crippen LogP) is 6.65. The third kappa shape index (κ3) is 4.78. The minimum atomic E-state index is -2.73. The fourth-order valence-corrected chi connectivity index (χ4v) is 5.12. The number of carboxylic acids is 1. The van der Waals surface area contributed by atoms with Crippen LogP contribution < -0.4 is 0 Å². The summed E-state index contributed by atoms with van der Waals surface area (Å²) in [6, 6.07) is 3.71. The monoisotopic (exact) mass is 435 g/mol. The van der Waals surface area contributed by atoms with E-state index in [0.717, 1.165) is 26.5 Å². The Kier molecular flexibility index (Phi) is 6.16. The Morgan fingerprint density at radius 3 is 2.43 bits per heavy atom. The van der Waals surface area contributed by atoms with Crippen LogP contribution in [0.25, 0.3) is 16.0 Å². The van der Waals surface area contributed by atoms with Gasteiger partial charge in [-0.15, -0.1) is 11.3 Å². The highest BCUT2D eigenvalue weighted by molar-refractivity contribution is 7.16. The van der Waals surface area contributed by atoms with Crippen molar-refractivity contribution in [2.45, 2.75) is 71.5 Å². The Balaban J connectivity index is 2.28. The van der Waals surface area contributed by atoms with E-state index < -0.39 is 23.6 Å². The van der Waals surface area contributed by atoms with Crippen molar-refractivity contribution in [1.82, 2.24) is 4.98 Å². The summed E-state index contributed by atoms with van der Waals surface area (Å²) < 4.78 is 34.0. The first kappa shape index (κ1) is 22.6. The fourth-order valence-electron chi connectivity index (χ4n) is 3.91. The van der Waals surface area contributed by atoms with Gasteiger partial charge in [-0.1, -0.05) is 5.57 Å². The van der Waals surface area contributed by atoms with Crippen LogP contribution in [-0.4, -0.2) is 27.6 Å². The number of thiophene rings is 1. The van der Waals surface area contributed by atoms with Crippen LogP contribution in [0.15, 0.2) is 30.1 Å². The molecule has 1 aliphatic carbocycles. The Bertz CT molecular complexity index is 974. The smallest absolute Gasteiger partial charge is 0.337 e. The molecule has 0 radical (unpaired) electrons. The van der Waals surface area contributed by atoms with E-state index in [1.807, 2.05) is 19.1 Å². The van der Waals surface area contributed by atoms with Crippen molar-refractivity contribution in [3.8, 4) is 10.4 Å². The van der Waals surface area contributed by atoms with Gasteiger partial charge in [0.05, 0.1) is 5.60 Å². The molecule has 2 aromatic heterocycles. The summed E-state index contributed by atoms with van der Waals surface area (Å²) in [6.45, 7) is 9.00. The van der Waals surface area contributed by atoms with Gasteiger partial charge < -0.3 is 9.84 Å². The van der Waals surface area contributed by atoms with E-state index in [2.05, 4.69) is 4.98 Å². The molecule has 3 rings (SSSR count). The molecule has 7 heteroatoms. The van der Waals surface area contributed by atoms with Gasteiger partial charge >= 0.3 is 5.97 Å². The third-order valence-corrected chi connectivity index (χ3v) is 6.28. The minimum absolute atomic E-state index is 0.196. The normalized spacial score (nSPS) is 17.8. The van der Waals surface area contributed by atoms with Crippen molar-refractivity contribution >= 4 is 22.9 Å². The van der Waals surface area contributed by atoms with E-state index in [4.69, 9.17) is 4.74 Å². The van der Waals surface area contributed by atoms with E-state index >= 15 is 0 Å². The number of allylic oxidation sites excluding steroid dienone is 2. The molecule has 1 atom stereocenters. The van der Waals surface area contributed by atoms with Gasteiger partial charge in [0.15, 0.2) is 6.10 Å². The van der Waals surface area contributed by atoms with E-state index in [1.54, 1.807) is 40.1 Å². The van der Waals surface area contributed by atoms with Crippen molar-refractivity contribution in [1.29, 1.82) is 0 Å². The summed E-state index contributed by atoms with van der Waals surface area (Å²) in [7, 11) is 0. The number of nitrogens with zero attached hydrogens (tertiary/aromatic N) is 1. The molecule has 4 nitrogen and oxygen atoms in total. The number of aromatic nitrogens is 1. The number of aryl methyl sites for hydroxylation is 1. The lowest BCUT2D eigenvalue weighted by Gasteiger charge is -2.29.